The molecule has 0 aliphatic carbocycles. The lowest BCUT2D eigenvalue weighted by molar-refractivity contribution is -0.119. The van der Waals surface area contributed by atoms with Crippen molar-refractivity contribution >= 4 is 27.3 Å². The molecule has 0 radical (unpaired) electrons. The molecule has 0 bridgehead atoms. The molecule has 0 aliphatic rings. The lowest BCUT2D eigenvalue weighted by atomic mass is 10.1. The number of imidazole rings is 1. The van der Waals surface area contributed by atoms with E-state index in [4.69, 9.17) is 4.98 Å². The zero-order valence-corrected chi connectivity index (χ0v) is 19.2. The average molecular weight is 463 g/mol. The number of fused-ring (bicyclic) bond motifs is 1. The molecule has 0 saturated carbocycles. The van der Waals surface area contributed by atoms with Crippen LogP contribution in [0.1, 0.15) is 17.0 Å². The monoisotopic (exact) mass is 462 g/mol. The first-order chi connectivity index (χ1) is 15.9. The topological polar surface area (TPSA) is 83.8 Å². The van der Waals surface area contributed by atoms with E-state index in [-0.39, 0.29) is 13.1 Å². The van der Waals surface area contributed by atoms with Gasteiger partial charge in [0.1, 0.15) is 12.2 Å². The van der Waals surface area contributed by atoms with Crippen molar-refractivity contribution in [2.75, 3.05) is 17.1 Å². The lowest BCUT2D eigenvalue weighted by Gasteiger charge is -2.21. The number of benzene rings is 2. The molecule has 4 rings (SSSR count). The summed E-state index contributed by atoms with van der Waals surface area (Å²) >= 11 is 0. The van der Waals surface area contributed by atoms with Crippen molar-refractivity contribution in [3.8, 4) is 0 Å². The molecule has 8 heteroatoms. The fourth-order valence-corrected chi connectivity index (χ4v) is 4.63. The van der Waals surface area contributed by atoms with Gasteiger partial charge in [0, 0.05) is 11.9 Å². The van der Waals surface area contributed by atoms with Crippen molar-refractivity contribution in [2.45, 2.75) is 19.4 Å². The maximum Gasteiger partial charge on any atom is 0.241 e. The van der Waals surface area contributed by atoms with Gasteiger partial charge in [0.2, 0.25) is 15.9 Å². The molecule has 170 valence electrons. The van der Waals surface area contributed by atoms with Crippen LogP contribution in [-0.4, -0.2) is 36.5 Å². The number of hydrogen-bond acceptors (Lipinski definition) is 4. The van der Waals surface area contributed by atoms with Gasteiger partial charge in [0.15, 0.2) is 0 Å². The predicted molar refractivity (Wildman–Crippen MR) is 130 cm³/mol. The van der Waals surface area contributed by atoms with Crippen molar-refractivity contribution in [1.82, 2.24) is 14.7 Å². The summed E-state index contributed by atoms with van der Waals surface area (Å²) in [6.07, 6.45) is 4.67. The number of nitrogens with one attached hydrogen (secondary N) is 1. The minimum atomic E-state index is -3.61. The summed E-state index contributed by atoms with van der Waals surface area (Å²) in [4.78, 5) is 17.4. The minimum absolute atomic E-state index is 0.219. The number of rotatable bonds is 9. The molecule has 7 nitrogen and oxygen atoms in total. The quantitative estimate of drug-likeness (QED) is 0.414. The maximum absolute atomic E-state index is 12.7. The molecule has 2 aromatic carbocycles. The van der Waals surface area contributed by atoms with Crippen molar-refractivity contribution in [3.63, 3.8) is 0 Å². The van der Waals surface area contributed by atoms with Crippen LogP contribution in [0, 0.1) is 0 Å². The predicted octanol–water partition coefficient (Wildman–Crippen LogP) is 3.20. The first-order valence-electron chi connectivity index (χ1n) is 10.7. The van der Waals surface area contributed by atoms with Gasteiger partial charge in [-0.25, -0.2) is 13.4 Å². The molecule has 2 aromatic heterocycles. The average Bonchev–Trinajstić information content (AvgIpc) is 3.18. The molecular weight excluding hydrogens is 436 g/mol. The Balaban J connectivity index is 1.50. The Morgan fingerprint density at radius 3 is 2.30 bits per heavy atom. The number of pyridine rings is 1. The third-order valence-electron chi connectivity index (χ3n) is 5.39. The third-order valence-corrected chi connectivity index (χ3v) is 6.53. The van der Waals surface area contributed by atoms with Crippen LogP contribution < -0.4 is 9.62 Å². The van der Waals surface area contributed by atoms with Gasteiger partial charge in [-0.15, -0.1) is 0 Å². The highest BCUT2D eigenvalue weighted by atomic mass is 32.2. The molecule has 0 fully saturated rings. The Kier molecular flexibility index (Phi) is 6.74. The van der Waals surface area contributed by atoms with Gasteiger partial charge >= 0.3 is 0 Å². The van der Waals surface area contributed by atoms with Crippen molar-refractivity contribution in [3.05, 3.63) is 102 Å². The maximum atomic E-state index is 12.7. The highest BCUT2D eigenvalue weighted by molar-refractivity contribution is 7.92. The second-order valence-corrected chi connectivity index (χ2v) is 9.71. The van der Waals surface area contributed by atoms with E-state index in [1.54, 1.807) is 30.3 Å². The Morgan fingerprint density at radius 1 is 0.939 bits per heavy atom. The summed E-state index contributed by atoms with van der Waals surface area (Å²) in [5.41, 5.74) is 4.29. The molecule has 4 aromatic rings. The minimum Gasteiger partial charge on any atom is -0.349 e. The second kappa shape index (κ2) is 9.87. The summed E-state index contributed by atoms with van der Waals surface area (Å²) in [5, 5.41) is 2.85. The molecule has 1 amide bonds. The fourth-order valence-electron chi connectivity index (χ4n) is 3.77. The van der Waals surface area contributed by atoms with Gasteiger partial charge in [-0.3, -0.25) is 9.10 Å². The zero-order chi connectivity index (χ0) is 23.3. The number of carbonyl (C=O) groups excluding carboxylic acids is 1. The number of aromatic nitrogens is 2. The normalized spacial score (nSPS) is 11.4. The lowest BCUT2D eigenvalue weighted by Crippen LogP contribution is -2.40. The molecule has 0 saturated heterocycles. The van der Waals surface area contributed by atoms with Crippen molar-refractivity contribution < 1.29 is 13.2 Å². The second-order valence-electron chi connectivity index (χ2n) is 7.80. The van der Waals surface area contributed by atoms with Crippen molar-refractivity contribution in [2.24, 2.45) is 0 Å². The van der Waals surface area contributed by atoms with Crippen LogP contribution in [0.3, 0.4) is 0 Å². The van der Waals surface area contributed by atoms with Crippen LogP contribution in [0.15, 0.2) is 85.1 Å². The van der Waals surface area contributed by atoms with E-state index < -0.39 is 15.9 Å². The molecule has 0 atom stereocenters. The Labute approximate surface area is 193 Å². The van der Waals surface area contributed by atoms with Crippen molar-refractivity contribution in [1.29, 1.82) is 0 Å². The van der Waals surface area contributed by atoms with Gasteiger partial charge in [-0.1, -0.05) is 54.6 Å². The van der Waals surface area contributed by atoms with Gasteiger partial charge < -0.3 is 9.72 Å². The molecule has 1 N–H and O–H groups in total. The SMILES string of the molecule is CS(=O)(=O)N(CC(=O)NCc1nc2ccccn2c1CCc1ccccc1)c1ccccc1. The standard InChI is InChI=1S/C25H26N4O3S/c1-33(31,32)29(21-12-6-3-7-13-21)19-25(30)26-18-22-23(16-15-20-10-4-2-5-11-20)28-17-9-8-14-24(28)27-22/h2-14,17H,15-16,18-19H2,1H3,(H,26,30). The molecule has 33 heavy (non-hydrogen) atoms. The summed E-state index contributed by atoms with van der Waals surface area (Å²) in [6, 6.07) is 24.6. The molecule has 0 aliphatic heterocycles. The summed E-state index contributed by atoms with van der Waals surface area (Å²) in [6.45, 7) is -0.0768. The van der Waals surface area contributed by atoms with Crippen LogP contribution in [0.5, 0.6) is 0 Å². The summed E-state index contributed by atoms with van der Waals surface area (Å²) in [5.74, 6) is -0.393. The highest BCUT2D eigenvalue weighted by Gasteiger charge is 2.21. The Bertz CT molecular complexity index is 1340. The largest absolute Gasteiger partial charge is 0.349 e. The van der Waals surface area contributed by atoms with Crippen LogP contribution in [0.4, 0.5) is 5.69 Å². The van der Waals surface area contributed by atoms with E-state index in [0.29, 0.717) is 5.69 Å². The number of aryl methyl sites for hydroxylation is 2. The first kappa shape index (κ1) is 22.5. The number of hydrogen-bond donors (Lipinski definition) is 1. The molecule has 0 unspecified atom stereocenters. The van der Waals surface area contributed by atoms with Crippen LogP contribution in [0.2, 0.25) is 0 Å². The van der Waals surface area contributed by atoms with E-state index in [1.807, 2.05) is 47.0 Å². The van der Waals surface area contributed by atoms with Gasteiger partial charge in [0.25, 0.3) is 0 Å². The van der Waals surface area contributed by atoms with E-state index >= 15 is 0 Å². The first-order valence-corrected chi connectivity index (χ1v) is 12.5. The zero-order valence-electron chi connectivity index (χ0n) is 18.4. The number of sulfonamides is 1. The van der Waals surface area contributed by atoms with E-state index in [9.17, 15) is 13.2 Å². The number of nitrogens with zero attached hydrogens (tertiary/aromatic N) is 3. The van der Waals surface area contributed by atoms with Gasteiger partial charge in [0.05, 0.1) is 24.2 Å². The van der Waals surface area contributed by atoms with E-state index in [0.717, 1.165) is 40.4 Å². The highest BCUT2D eigenvalue weighted by Crippen LogP contribution is 2.18. The summed E-state index contributed by atoms with van der Waals surface area (Å²) < 4.78 is 27.7. The van der Waals surface area contributed by atoms with Crippen LogP contribution in [-0.2, 0) is 34.2 Å². The van der Waals surface area contributed by atoms with Crippen LogP contribution >= 0.6 is 0 Å². The van der Waals surface area contributed by atoms with E-state index in [1.165, 1.54) is 5.56 Å². The summed E-state index contributed by atoms with van der Waals surface area (Å²) in [7, 11) is -3.61. The Hall–Kier alpha value is -3.65. The van der Waals surface area contributed by atoms with Crippen LogP contribution in [0.25, 0.3) is 5.65 Å². The number of anilines is 1. The molecular formula is C25H26N4O3S. The van der Waals surface area contributed by atoms with Gasteiger partial charge in [-0.05, 0) is 42.7 Å². The van der Waals surface area contributed by atoms with Gasteiger partial charge in [-0.2, -0.15) is 0 Å². The third kappa shape index (κ3) is 5.59. The fraction of sp³-hybridized carbons (Fsp3) is 0.200. The Morgan fingerprint density at radius 2 is 1.61 bits per heavy atom. The molecule has 2 heterocycles. The number of carbonyl (C=O) groups is 1. The smallest absolute Gasteiger partial charge is 0.241 e. The number of amides is 1. The van der Waals surface area contributed by atoms with E-state index in [2.05, 4.69) is 17.4 Å². The molecule has 0 spiro atoms. The number of para-hydroxylation sites is 1.